The highest BCUT2D eigenvalue weighted by atomic mass is 32.2. The number of aromatic carboxylic acids is 1. The topological polar surface area (TPSA) is 140 Å². The fraction of sp³-hybridized carbons (Fsp3) is 0.300. The van der Waals surface area contributed by atoms with E-state index in [1.807, 2.05) is 0 Å². The van der Waals surface area contributed by atoms with Crippen LogP contribution in [-0.2, 0) is 27.3 Å². The Kier molecular flexibility index (Phi) is 8.21. The fourth-order valence-electron chi connectivity index (χ4n) is 5.15. The van der Waals surface area contributed by atoms with Gasteiger partial charge in [0.2, 0.25) is 15.0 Å². The molecule has 1 amide bonds. The summed E-state index contributed by atoms with van der Waals surface area (Å²) in [5.41, 5.74) is 2.31. The SMILES string of the molecule is Cc1cc([C@H]2OC(=O)N(Cc3nc(S(C)(=O)=O)ncc3-c3sc(-c4ccc(C(=O)O)cc4C)nc3C)[C@H]2C)cc(C(F)(F)F)c1. The molecule has 0 bridgehead atoms. The van der Waals surface area contributed by atoms with Gasteiger partial charge in [0.05, 0.1) is 40.0 Å². The number of hydrogen-bond acceptors (Lipinski definition) is 9. The van der Waals surface area contributed by atoms with Crippen LogP contribution in [0.5, 0.6) is 0 Å². The number of carbonyl (C=O) groups excluding carboxylic acids is 1. The minimum atomic E-state index is -4.59. The molecule has 1 aliphatic rings. The number of aromatic nitrogens is 3. The number of ether oxygens (including phenoxy) is 1. The van der Waals surface area contributed by atoms with E-state index in [2.05, 4.69) is 15.0 Å². The van der Waals surface area contributed by atoms with E-state index < -0.39 is 50.9 Å². The van der Waals surface area contributed by atoms with Crippen molar-refractivity contribution in [2.45, 2.75) is 57.7 Å². The number of sulfone groups is 1. The molecule has 1 saturated heterocycles. The maximum absolute atomic E-state index is 13.5. The van der Waals surface area contributed by atoms with Crippen molar-refractivity contribution in [2.75, 3.05) is 6.26 Å². The summed E-state index contributed by atoms with van der Waals surface area (Å²) in [4.78, 5) is 39.4. The van der Waals surface area contributed by atoms with Gasteiger partial charge in [-0.25, -0.2) is 33.0 Å². The van der Waals surface area contributed by atoms with Crippen LogP contribution in [0, 0.1) is 20.8 Å². The summed E-state index contributed by atoms with van der Waals surface area (Å²) in [5, 5.41) is 9.43. The molecule has 0 spiro atoms. The van der Waals surface area contributed by atoms with Gasteiger partial charge in [-0.15, -0.1) is 11.3 Å². The van der Waals surface area contributed by atoms with Crippen LogP contribution in [0.2, 0.25) is 0 Å². The number of thiazole rings is 1. The van der Waals surface area contributed by atoms with E-state index in [1.165, 1.54) is 47.6 Å². The number of amides is 1. The van der Waals surface area contributed by atoms with Crippen LogP contribution in [-0.4, -0.2) is 57.7 Å². The Morgan fingerprint density at radius 1 is 1.09 bits per heavy atom. The van der Waals surface area contributed by atoms with Gasteiger partial charge in [0.1, 0.15) is 11.1 Å². The second-order valence-electron chi connectivity index (χ2n) is 10.9. The molecule has 15 heteroatoms. The average molecular weight is 661 g/mol. The molecule has 1 fully saturated rings. The molecule has 4 aromatic rings. The van der Waals surface area contributed by atoms with E-state index in [4.69, 9.17) is 4.74 Å². The number of alkyl halides is 3. The predicted molar refractivity (Wildman–Crippen MR) is 159 cm³/mol. The first kappa shape index (κ1) is 32.0. The normalized spacial score (nSPS) is 17.1. The van der Waals surface area contributed by atoms with Crippen molar-refractivity contribution < 1.29 is 41.0 Å². The van der Waals surface area contributed by atoms with Gasteiger partial charge in [0, 0.05) is 23.6 Å². The molecule has 3 heterocycles. The van der Waals surface area contributed by atoms with E-state index in [0.717, 1.165) is 18.4 Å². The molecule has 0 unspecified atom stereocenters. The number of benzene rings is 2. The number of cyclic esters (lactones) is 1. The summed E-state index contributed by atoms with van der Waals surface area (Å²) >= 11 is 1.25. The molecule has 5 rings (SSSR count). The number of carboxylic acid groups (broad SMARTS) is 1. The minimum Gasteiger partial charge on any atom is -0.478 e. The number of carboxylic acids is 1. The van der Waals surface area contributed by atoms with Crippen LogP contribution >= 0.6 is 11.3 Å². The molecule has 2 atom stereocenters. The van der Waals surface area contributed by atoms with Gasteiger partial charge < -0.3 is 9.84 Å². The smallest absolute Gasteiger partial charge is 0.416 e. The molecule has 236 valence electrons. The number of rotatable bonds is 7. The Labute approximate surface area is 260 Å². The summed E-state index contributed by atoms with van der Waals surface area (Å²) in [5.74, 6) is -1.06. The highest BCUT2D eigenvalue weighted by Crippen LogP contribution is 2.41. The van der Waals surface area contributed by atoms with E-state index in [0.29, 0.717) is 37.8 Å². The fourth-order valence-corrected chi connectivity index (χ4v) is 6.86. The lowest BCUT2D eigenvalue weighted by molar-refractivity contribution is -0.137. The van der Waals surface area contributed by atoms with Crippen LogP contribution in [0.4, 0.5) is 18.0 Å². The third-order valence-electron chi connectivity index (χ3n) is 7.39. The summed E-state index contributed by atoms with van der Waals surface area (Å²) < 4.78 is 70.8. The molecule has 1 N–H and O–H groups in total. The van der Waals surface area contributed by atoms with Gasteiger partial charge in [-0.1, -0.05) is 17.7 Å². The summed E-state index contributed by atoms with van der Waals surface area (Å²) in [6.45, 7) is 6.42. The average Bonchev–Trinajstić information content (AvgIpc) is 3.46. The first-order valence-electron chi connectivity index (χ1n) is 13.5. The van der Waals surface area contributed by atoms with Crippen molar-refractivity contribution in [3.05, 3.63) is 81.8 Å². The van der Waals surface area contributed by atoms with E-state index in [9.17, 15) is 36.3 Å². The summed E-state index contributed by atoms with van der Waals surface area (Å²) in [7, 11) is -3.85. The monoisotopic (exact) mass is 660 g/mol. The van der Waals surface area contributed by atoms with Crippen LogP contribution < -0.4 is 0 Å². The van der Waals surface area contributed by atoms with Crippen molar-refractivity contribution in [1.82, 2.24) is 19.9 Å². The third-order valence-corrected chi connectivity index (χ3v) is 9.47. The quantitative estimate of drug-likeness (QED) is 0.223. The third kappa shape index (κ3) is 6.40. The second-order valence-corrected chi connectivity index (χ2v) is 13.8. The largest absolute Gasteiger partial charge is 0.478 e. The predicted octanol–water partition coefficient (Wildman–Crippen LogP) is 6.39. The zero-order chi connectivity index (χ0) is 33.0. The number of aryl methyl sites for hydroxylation is 3. The van der Waals surface area contributed by atoms with Gasteiger partial charge in [0.15, 0.2) is 0 Å². The zero-order valence-electron chi connectivity index (χ0n) is 24.6. The zero-order valence-corrected chi connectivity index (χ0v) is 26.3. The van der Waals surface area contributed by atoms with Crippen LogP contribution in [0.1, 0.15) is 57.0 Å². The van der Waals surface area contributed by atoms with Crippen LogP contribution in [0.15, 0.2) is 47.8 Å². The van der Waals surface area contributed by atoms with Gasteiger partial charge in [-0.2, -0.15) is 13.2 Å². The highest BCUT2D eigenvalue weighted by Gasteiger charge is 2.42. The molecule has 45 heavy (non-hydrogen) atoms. The number of carbonyl (C=O) groups is 2. The Bertz CT molecular complexity index is 1960. The van der Waals surface area contributed by atoms with Crippen molar-refractivity contribution >= 4 is 33.2 Å². The number of halogens is 3. The Balaban J connectivity index is 1.54. The molecular formula is C30H27F3N4O6S2. The lowest BCUT2D eigenvalue weighted by Gasteiger charge is -2.22. The van der Waals surface area contributed by atoms with Crippen LogP contribution in [0.25, 0.3) is 21.0 Å². The van der Waals surface area contributed by atoms with E-state index in [1.54, 1.807) is 26.8 Å². The van der Waals surface area contributed by atoms with Crippen molar-refractivity contribution in [1.29, 1.82) is 0 Å². The molecule has 2 aromatic heterocycles. The number of hydrogen-bond donors (Lipinski definition) is 1. The lowest BCUT2D eigenvalue weighted by Crippen LogP contribution is -2.32. The molecule has 0 radical (unpaired) electrons. The maximum atomic E-state index is 13.5. The molecule has 0 aliphatic carbocycles. The van der Waals surface area contributed by atoms with Gasteiger partial charge in [-0.3, -0.25) is 4.90 Å². The van der Waals surface area contributed by atoms with E-state index in [-0.39, 0.29) is 23.4 Å². The van der Waals surface area contributed by atoms with Crippen molar-refractivity contribution in [2.24, 2.45) is 0 Å². The van der Waals surface area contributed by atoms with Gasteiger partial charge in [0.25, 0.3) is 0 Å². The molecule has 2 aromatic carbocycles. The lowest BCUT2D eigenvalue weighted by atomic mass is 9.98. The maximum Gasteiger partial charge on any atom is 0.416 e. The van der Waals surface area contributed by atoms with Crippen molar-refractivity contribution in [3.8, 4) is 21.0 Å². The first-order valence-corrected chi connectivity index (χ1v) is 16.2. The Morgan fingerprint density at radius 2 is 1.80 bits per heavy atom. The highest BCUT2D eigenvalue weighted by molar-refractivity contribution is 7.90. The molecular weight excluding hydrogens is 633 g/mol. The Hall–Kier alpha value is -4.37. The van der Waals surface area contributed by atoms with Crippen LogP contribution in [0.3, 0.4) is 0 Å². The molecule has 1 aliphatic heterocycles. The standard InChI is InChI=1S/C30H27F3N4O6S2/c1-14-8-19(11-20(9-14)30(31,32)33)24-17(4)37(29(40)43-24)13-23-22(12-34-28(36-23)45(5,41)42)25-16(3)35-26(44-25)21-7-6-18(27(38)39)10-15(21)2/h6-12,17,24H,13H2,1-5H3,(H,38,39)/t17-,24-/m0/s1. The van der Waals surface area contributed by atoms with Gasteiger partial charge in [-0.05, 0) is 63.1 Å². The second kappa shape index (κ2) is 11.5. The first-order chi connectivity index (χ1) is 20.9. The summed E-state index contributed by atoms with van der Waals surface area (Å²) in [6, 6.07) is 7.41. The molecule has 0 saturated carbocycles. The number of nitrogens with zero attached hydrogens (tertiary/aromatic N) is 4. The Morgan fingerprint density at radius 3 is 2.42 bits per heavy atom. The van der Waals surface area contributed by atoms with E-state index >= 15 is 0 Å². The summed E-state index contributed by atoms with van der Waals surface area (Å²) in [6.07, 6.45) is -4.13. The van der Waals surface area contributed by atoms with Crippen molar-refractivity contribution in [3.63, 3.8) is 0 Å². The minimum absolute atomic E-state index is 0.127. The molecule has 10 nitrogen and oxygen atoms in total. The van der Waals surface area contributed by atoms with Gasteiger partial charge >= 0.3 is 18.2 Å².